The van der Waals surface area contributed by atoms with Gasteiger partial charge in [0, 0.05) is 4.47 Å². The number of nitriles is 2. The van der Waals surface area contributed by atoms with E-state index in [4.69, 9.17) is 20.0 Å². The van der Waals surface area contributed by atoms with Crippen molar-refractivity contribution in [2.24, 2.45) is 0 Å². The third-order valence-electron chi connectivity index (χ3n) is 4.04. The quantitative estimate of drug-likeness (QED) is 0.490. The molecule has 0 spiro atoms. The molecule has 0 atom stereocenters. The van der Waals surface area contributed by atoms with Gasteiger partial charge in [-0.05, 0) is 53.6 Å². The highest BCUT2D eigenvalue weighted by Gasteiger charge is 2.15. The Bertz CT molecular complexity index is 1130. The van der Waals surface area contributed by atoms with E-state index in [1.165, 1.54) is 0 Å². The zero-order valence-electron chi connectivity index (χ0n) is 15.3. The van der Waals surface area contributed by atoms with Gasteiger partial charge < -0.3 is 9.47 Å². The summed E-state index contributed by atoms with van der Waals surface area (Å²) in [6, 6.07) is 23.2. The number of ether oxygens (including phenoxy) is 2. The third kappa shape index (κ3) is 5.44. The Morgan fingerprint density at radius 1 is 0.862 bits per heavy atom. The van der Waals surface area contributed by atoms with E-state index < -0.39 is 5.97 Å². The fourth-order valence-corrected chi connectivity index (χ4v) is 3.00. The van der Waals surface area contributed by atoms with Crippen molar-refractivity contribution in [3.05, 3.63) is 99.0 Å². The topological polar surface area (TPSA) is 83.1 Å². The Morgan fingerprint density at radius 3 is 2.10 bits per heavy atom. The summed E-state index contributed by atoms with van der Waals surface area (Å²) in [5, 5.41) is 18.0. The summed E-state index contributed by atoms with van der Waals surface area (Å²) in [4.78, 5) is 12.6. The van der Waals surface area contributed by atoms with Gasteiger partial charge in [-0.25, -0.2) is 4.79 Å². The van der Waals surface area contributed by atoms with Crippen LogP contribution in [0.3, 0.4) is 0 Å². The zero-order chi connectivity index (χ0) is 20.6. The number of carbonyl (C=O) groups is 1. The predicted octanol–water partition coefficient (Wildman–Crippen LogP) is 5.13. The molecule has 3 rings (SSSR count). The van der Waals surface area contributed by atoms with Crippen molar-refractivity contribution in [1.82, 2.24) is 0 Å². The molecule has 5 nitrogen and oxygen atoms in total. The molecule has 0 amide bonds. The molecule has 0 fully saturated rings. The van der Waals surface area contributed by atoms with Gasteiger partial charge in [0.15, 0.2) is 0 Å². The summed E-state index contributed by atoms with van der Waals surface area (Å²) in [5.41, 5.74) is 2.88. The molecule has 6 heteroatoms. The lowest BCUT2D eigenvalue weighted by atomic mass is 10.1. The van der Waals surface area contributed by atoms with Gasteiger partial charge in [-0.1, -0.05) is 40.2 Å². The molecular formula is C23H15BrN2O3. The smallest absolute Gasteiger partial charge is 0.342 e. The van der Waals surface area contributed by atoms with Crippen molar-refractivity contribution >= 4 is 21.9 Å². The Hall–Kier alpha value is -3.61. The predicted molar refractivity (Wildman–Crippen MR) is 110 cm³/mol. The van der Waals surface area contributed by atoms with Crippen molar-refractivity contribution in [1.29, 1.82) is 10.5 Å². The Morgan fingerprint density at radius 2 is 1.48 bits per heavy atom. The molecule has 142 valence electrons. The maximum Gasteiger partial charge on any atom is 0.342 e. The molecule has 0 heterocycles. The molecule has 3 aromatic carbocycles. The molecule has 0 N–H and O–H groups in total. The summed E-state index contributed by atoms with van der Waals surface area (Å²) in [5.74, 6) is -0.152. The van der Waals surface area contributed by atoms with Gasteiger partial charge in [-0.3, -0.25) is 0 Å². The minimum absolute atomic E-state index is 0.0462. The molecule has 0 saturated heterocycles. The first-order chi connectivity index (χ1) is 14.1. The average molecular weight is 447 g/mol. The van der Waals surface area contributed by atoms with Gasteiger partial charge >= 0.3 is 5.97 Å². The number of halogens is 1. The highest BCUT2D eigenvalue weighted by molar-refractivity contribution is 9.10. The molecular weight excluding hydrogens is 432 g/mol. The average Bonchev–Trinajstić information content (AvgIpc) is 2.76. The van der Waals surface area contributed by atoms with Gasteiger partial charge in [-0.15, -0.1) is 0 Å². The molecule has 0 aliphatic rings. The van der Waals surface area contributed by atoms with Crippen LogP contribution in [0.1, 0.15) is 32.6 Å². The molecule has 3 aromatic rings. The zero-order valence-corrected chi connectivity index (χ0v) is 16.8. The molecule has 0 aromatic heterocycles. The minimum atomic E-state index is -0.533. The van der Waals surface area contributed by atoms with Crippen molar-refractivity contribution < 1.29 is 14.3 Å². The van der Waals surface area contributed by atoms with E-state index in [1.54, 1.807) is 60.7 Å². The van der Waals surface area contributed by atoms with Gasteiger partial charge in [0.05, 0.1) is 23.3 Å². The number of hydrogen-bond donors (Lipinski definition) is 0. The Kier molecular flexibility index (Phi) is 6.63. The Balaban J connectivity index is 1.72. The minimum Gasteiger partial charge on any atom is -0.488 e. The molecule has 0 saturated carbocycles. The second-order valence-electron chi connectivity index (χ2n) is 6.13. The maximum atomic E-state index is 12.6. The lowest BCUT2D eigenvalue weighted by Crippen LogP contribution is -2.08. The third-order valence-corrected chi connectivity index (χ3v) is 4.53. The summed E-state index contributed by atoms with van der Waals surface area (Å²) in [7, 11) is 0. The first-order valence-corrected chi connectivity index (χ1v) is 9.46. The fourth-order valence-electron chi connectivity index (χ4n) is 2.64. The summed E-state index contributed by atoms with van der Waals surface area (Å²) in [6.07, 6.45) is 0. The van der Waals surface area contributed by atoms with E-state index in [0.29, 0.717) is 16.9 Å². The summed E-state index contributed by atoms with van der Waals surface area (Å²) in [6.45, 7) is 0.256. The fraction of sp³-hybridized carbons (Fsp3) is 0.0870. The highest BCUT2D eigenvalue weighted by Crippen LogP contribution is 2.25. The van der Waals surface area contributed by atoms with Crippen LogP contribution in [0, 0.1) is 22.7 Å². The van der Waals surface area contributed by atoms with Crippen LogP contribution in [0.5, 0.6) is 5.75 Å². The van der Waals surface area contributed by atoms with E-state index in [0.717, 1.165) is 15.6 Å². The van der Waals surface area contributed by atoms with Crippen LogP contribution in [0.2, 0.25) is 0 Å². The first kappa shape index (κ1) is 20.1. The van der Waals surface area contributed by atoms with Gasteiger partial charge in [0.25, 0.3) is 0 Å². The van der Waals surface area contributed by atoms with Crippen LogP contribution in [0.15, 0.2) is 71.2 Å². The van der Waals surface area contributed by atoms with Gasteiger partial charge in [-0.2, -0.15) is 10.5 Å². The van der Waals surface area contributed by atoms with E-state index in [2.05, 4.69) is 28.1 Å². The lowest BCUT2D eigenvalue weighted by molar-refractivity contribution is 0.0467. The lowest BCUT2D eigenvalue weighted by Gasteiger charge is -2.12. The second kappa shape index (κ2) is 9.54. The normalized spacial score (nSPS) is 9.90. The number of nitrogens with zero attached hydrogens (tertiary/aromatic N) is 2. The SMILES string of the molecule is N#Cc1cccc(COC(=O)c2cc(Br)ccc2OCc2cccc(C#N)c2)c1. The molecule has 0 aliphatic heterocycles. The van der Waals surface area contributed by atoms with Crippen molar-refractivity contribution in [3.8, 4) is 17.9 Å². The molecule has 0 unspecified atom stereocenters. The van der Waals surface area contributed by atoms with Crippen molar-refractivity contribution in [2.75, 3.05) is 0 Å². The summed E-state index contributed by atoms with van der Waals surface area (Å²) >= 11 is 3.36. The maximum absolute atomic E-state index is 12.6. The number of carbonyl (C=O) groups excluding carboxylic acids is 1. The van der Waals surface area contributed by atoms with Crippen LogP contribution in [-0.4, -0.2) is 5.97 Å². The number of rotatable bonds is 6. The molecule has 29 heavy (non-hydrogen) atoms. The standard InChI is InChI=1S/C23H15BrN2O3/c24-20-7-8-22(28-14-18-5-1-3-16(9-18)12-25)21(11-20)23(27)29-15-19-6-2-4-17(10-19)13-26/h1-11H,14-15H2. The van der Waals surface area contributed by atoms with Crippen molar-refractivity contribution in [2.45, 2.75) is 13.2 Å². The Labute approximate surface area is 176 Å². The molecule has 0 radical (unpaired) electrons. The van der Waals surface area contributed by atoms with Gasteiger partial charge in [0.1, 0.15) is 24.5 Å². The molecule has 0 bridgehead atoms. The van der Waals surface area contributed by atoms with Crippen LogP contribution < -0.4 is 4.74 Å². The first-order valence-electron chi connectivity index (χ1n) is 8.66. The number of hydrogen-bond acceptors (Lipinski definition) is 5. The van der Waals surface area contributed by atoms with Crippen LogP contribution in [0.4, 0.5) is 0 Å². The van der Waals surface area contributed by atoms with Gasteiger partial charge in [0.2, 0.25) is 0 Å². The van der Waals surface area contributed by atoms with E-state index in [9.17, 15) is 4.79 Å². The van der Waals surface area contributed by atoms with E-state index in [1.807, 2.05) is 6.07 Å². The number of benzene rings is 3. The molecule has 0 aliphatic carbocycles. The van der Waals surface area contributed by atoms with Crippen molar-refractivity contribution in [3.63, 3.8) is 0 Å². The van der Waals surface area contributed by atoms with Crippen LogP contribution in [0.25, 0.3) is 0 Å². The van der Waals surface area contributed by atoms with Crippen LogP contribution >= 0.6 is 15.9 Å². The van der Waals surface area contributed by atoms with E-state index >= 15 is 0 Å². The highest BCUT2D eigenvalue weighted by atomic mass is 79.9. The summed E-state index contributed by atoms with van der Waals surface area (Å²) < 4.78 is 11.9. The monoisotopic (exact) mass is 446 g/mol. The largest absolute Gasteiger partial charge is 0.488 e. The second-order valence-corrected chi connectivity index (χ2v) is 7.05. The number of esters is 1. The van der Waals surface area contributed by atoms with Crippen LogP contribution in [-0.2, 0) is 18.0 Å². The van der Waals surface area contributed by atoms with E-state index in [-0.39, 0.29) is 18.8 Å².